The van der Waals surface area contributed by atoms with Gasteiger partial charge in [0.25, 0.3) is 0 Å². The molecule has 0 fully saturated rings. The van der Waals surface area contributed by atoms with Crippen LogP contribution in [0.5, 0.6) is 0 Å². The molecule has 0 aliphatic heterocycles. The van der Waals surface area contributed by atoms with E-state index in [-0.39, 0.29) is 0 Å². The van der Waals surface area contributed by atoms with Crippen molar-refractivity contribution in [3.8, 4) is 0 Å². The molecular weight excluding hydrogens is 202 g/mol. The quantitative estimate of drug-likeness (QED) is 0.635. The Morgan fingerprint density at radius 1 is 1.19 bits per heavy atom. The summed E-state index contributed by atoms with van der Waals surface area (Å²) < 4.78 is 0. The summed E-state index contributed by atoms with van der Waals surface area (Å²) in [5, 5.41) is 7.20. The number of H-pyrrole nitrogens is 1. The molecule has 0 amide bonds. The lowest BCUT2D eigenvalue weighted by atomic mass is 10.2. The van der Waals surface area contributed by atoms with Gasteiger partial charge in [0.1, 0.15) is 5.82 Å². The molecule has 92 valence electrons. The van der Waals surface area contributed by atoms with Crippen LogP contribution in [0, 0.1) is 0 Å². The number of hydrogen-bond donors (Lipinski definition) is 2. The van der Waals surface area contributed by atoms with E-state index in [0.717, 1.165) is 50.4 Å². The molecule has 1 heterocycles. The van der Waals surface area contributed by atoms with Crippen LogP contribution in [-0.4, -0.2) is 47.3 Å². The number of aryl methyl sites for hydroxylation is 1. The van der Waals surface area contributed by atoms with E-state index >= 15 is 0 Å². The van der Waals surface area contributed by atoms with Crippen LogP contribution in [0.2, 0.25) is 0 Å². The molecule has 0 radical (unpaired) electrons. The van der Waals surface area contributed by atoms with Crippen molar-refractivity contribution in [2.75, 3.05) is 27.2 Å². The Labute approximate surface area is 97.4 Å². The Hall–Kier alpha value is -0.940. The number of unbranched alkanes of at least 4 members (excludes halogenated alkanes) is 2. The Morgan fingerprint density at radius 2 is 2.00 bits per heavy atom. The SMILES string of the molecule is CN(C)CCc1n[nH]c(CCCCCN)n1. The molecule has 0 saturated heterocycles. The molecule has 0 atom stereocenters. The minimum atomic E-state index is 0.782. The lowest BCUT2D eigenvalue weighted by Gasteiger charge is -2.05. The second-order valence-electron chi connectivity index (χ2n) is 4.35. The standard InChI is InChI=1S/C11H23N5/c1-16(2)9-7-11-13-10(14-15-11)6-4-3-5-8-12/h3-9,12H2,1-2H3,(H,13,14,15). The molecule has 1 aromatic heterocycles. The first-order valence-electron chi connectivity index (χ1n) is 5.97. The molecule has 0 aliphatic rings. The lowest BCUT2D eigenvalue weighted by molar-refractivity contribution is 0.409. The lowest BCUT2D eigenvalue weighted by Crippen LogP contribution is -2.15. The molecule has 1 aromatic rings. The van der Waals surface area contributed by atoms with Crippen LogP contribution in [0.3, 0.4) is 0 Å². The van der Waals surface area contributed by atoms with Gasteiger partial charge in [0.15, 0.2) is 5.82 Å². The average molecular weight is 225 g/mol. The summed E-state index contributed by atoms with van der Waals surface area (Å²) in [7, 11) is 4.11. The number of aromatic amines is 1. The first kappa shape index (κ1) is 13.1. The molecule has 0 aliphatic carbocycles. The van der Waals surface area contributed by atoms with Crippen molar-refractivity contribution in [3.63, 3.8) is 0 Å². The molecule has 5 nitrogen and oxygen atoms in total. The minimum Gasteiger partial charge on any atom is -0.330 e. The highest BCUT2D eigenvalue weighted by atomic mass is 15.2. The molecular formula is C11H23N5. The van der Waals surface area contributed by atoms with Crippen molar-refractivity contribution >= 4 is 0 Å². The maximum absolute atomic E-state index is 5.44. The first-order valence-corrected chi connectivity index (χ1v) is 5.97. The fourth-order valence-corrected chi connectivity index (χ4v) is 1.50. The Bertz CT molecular complexity index is 282. The number of nitrogens with one attached hydrogen (secondary N) is 1. The summed E-state index contributed by atoms with van der Waals surface area (Å²) in [6.07, 6.45) is 5.30. The molecule has 0 unspecified atom stereocenters. The fourth-order valence-electron chi connectivity index (χ4n) is 1.50. The summed E-state index contributed by atoms with van der Waals surface area (Å²) in [4.78, 5) is 6.59. The van der Waals surface area contributed by atoms with Gasteiger partial charge in [0, 0.05) is 19.4 Å². The maximum Gasteiger partial charge on any atom is 0.151 e. The third kappa shape index (κ3) is 5.23. The summed E-state index contributed by atoms with van der Waals surface area (Å²) in [6, 6.07) is 0. The smallest absolute Gasteiger partial charge is 0.151 e. The summed E-state index contributed by atoms with van der Waals surface area (Å²) in [5.74, 6) is 1.92. The molecule has 5 heteroatoms. The third-order valence-electron chi connectivity index (χ3n) is 2.48. The van der Waals surface area contributed by atoms with Gasteiger partial charge < -0.3 is 10.6 Å². The Kier molecular flexibility index (Phi) is 6.03. The van der Waals surface area contributed by atoms with Crippen molar-refractivity contribution in [3.05, 3.63) is 11.6 Å². The Morgan fingerprint density at radius 3 is 2.69 bits per heavy atom. The minimum absolute atomic E-state index is 0.782. The van der Waals surface area contributed by atoms with Gasteiger partial charge in [-0.1, -0.05) is 6.42 Å². The van der Waals surface area contributed by atoms with Gasteiger partial charge in [-0.05, 0) is 33.5 Å². The van der Waals surface area contributed by atoms with E-state index in [1.807, 2.05) is 0 Å². The van der Waals surface area contributed by atoms with E-state index in [4.69, 9.17) is 5.73 Å². The van der Waals surface area contributed by atoms with Crippen molar-refractivity contribution < 1.29 is 0 Å². The van der Waals surface area contributed by atoms with Crippen molar-refractivity contribution in [2.45, 2.75) is 32.1 Å². The number of likely N-dealkylation sites (N-methyl/N-ethyl adjacent to an activating group) is 1. The fraction of sp³-hybridized carbons (Fsp3) is 0.818. The van der Waals surface area contributed by atoms with Gasteiger partial charge in [0.05, 0.1) is 0 Å². The van der Waals surface area contributed by atoms with Crippen molar-refractivity contribution in [1.29, 1.82) is 0 Å². The highest BCUT2D eigenvalue weighted by Crippen LogP contribution is 2.02. The van der Waals surface area contributed by atoms with Crippen LogP contribution >= 0.6 is 0 Å². The van der Waals surface area contributed by atoms with Crippen LogP contribution in [-0.2, 0) is 12.8 Å². The van der Waals surface area contributed by atoms with Gasteiger partial charge in [-0.15, -0.1) is 0 Å². The third-order valence-corrected chi connectivity index (χ3v) is 2.48. The predicted molar refractivity (Wildman–Crippen MR) is 65.3 cm³/mol. The zero-order chi connectivity index (χ0) is 11.8. The van der Waals surface area contributed by atoms with Crippen LogP contribution in [0.15, 0.2) is 0 Å². The van der Waals surface area contributed by atoms with Gasteiger partial charge >= 0.3 is 0 Å². The number of aromatic nitrogens is 3. The normalized spacial score (nSPS) is 11.2. The molecule has 0 aromatic carbocycles. The molecule has 0 saturated carbocycles. The van der Waals surface area contributed by atoms with Gasteiger partial charge in [-0.2, -0.15) is 5.10 Å². The van der Waals surface area contributed by atoms with Gasteiger partial charge in [-0.25, -0.2) is 4.98 Å². The predicted octanol–water partition coefficient (Wildman–Crippen LogP) is 0.580. The second kappa shape index (κ2) is 7.35. The van der Waals surface area contributed by atoms with Crippen LogP contribution in [0.4, 0.5) is 0 Å². The van der Waals surface area contributed by atoms with E-state index in [1.165, 1.54) is 6.42 Å². The van der Waals surface area contributed by atoms with E-state index in [2.05, 4.69) is 34.2 Å². The molecule has 16 heavy (non-hydrogen) atoms. The monoisotopic (exact) mass is 225 g/mol. The highest BCUT2D eigenvalue weighted by Gasteiger charge is 2.03. The first-order chi connectivity index (χ1) is 7.72. The largest absolute Gasteiger partial charge is 0.330 e. The topological polar surface area (TPSA) is 70.8 Å². The van der Waals surface area contributed by atoms with E-state index < -0.39 is 0 Å². The number of nitrogens with two attached hydrogens (primary N) is 1. The zero-order valence-electron chi connectivity index (χ0n) is 10.4. The maximum atomic E-state index is 5.44. The summed E-state index contributed by atoms with van der Waals surface area (Å²) in [5.41, 5.74) is 5.44. The molecule has 1 rings (SSSR count). The average Bonchev–Trinajstić information content (AvgIpc) is 2.70. The molecule has 3 N–H and O–H groups in total. The number of hydrogen-bond acceptors (Lipinski definition) is 4. The Balaban J connectivity index is 2.22. The van der Waals surface area contributed by atoms with Gasteiger partial charge in [0.2, 0.25) is 0 Å². The van der Waals surface area contributed by atoms with Crippen molar-refractivity contribution in [2.24, 2.45) is 5.73 Å². The van der Waals surface area contributed by atoms with E-state index in [1.54, 1.807) is 0 Å². The molecule has 0 bridgehead atoms. The van der Waals surface area contributed by atoms with Crippen LogP contribution in [0.1, 0.15) is 30.9 Å². The van der Waals surface area contributed by atoms with Gasteiger partial charge in [-0.3, -0.25) is 5.10 Å². The van der Waals surface area contributed by atoms with E-state index in [0.29, 0.717) is 0 Å². The summed E-state index contributed by atoms with van der Waals surface area (Å²) in [6.45, 7) is 1.77. The molecule has 0 spiro atoms. The van der Waals surface area contributed by atoms with E-state index in [9.17, 15) is 0 Å². The second-order valence-corrected chi connectivity index (χ2v) is 4.35. The van der Waals surface area contributed by atoms with Crippen LogP contribution in [0.25, 0.3) is 0 Å². The van der Waals surface area contributed by atoms with Crippen LogP contribution < -0.4 is 5.73 Å². The summed E-state index contributed by atoms with van der Waals surface area (Å²) >= 11 is 0. The number of nitrogens with zero attached hydrogens (tertiary/aromatic N) is 3. The van der Waals surface area contributed by atoms with Crippen molar-refractivity contribution in [1.82, 2.24) is 20.1 Å². The highest BCUT2D eigenvalue weighted by molar-refractivity contribution is 4.91. The number of rotatable bonds is 8. The zero-order valence-corrected chi connectivity index (χ0v) is 10.4.